The summed E-state index contributed by atoms with van der Waals surface area (Å²) in [5.74, 6) is 2.20. The number of benzene rings is 1. The lowest BCUT2D eigenvalue weighted by atomic mass is 10.0. The van der Waals surface area contributed by atoms with Crippen LogP contribution >= 0.6 is 11.8 Å². The predicted molar refractivity (Wildman–Crippen MR) is 93.8 cm³/mol. The van der Waals surface area contributed by atoms with Crippen LogP contribution in [0.3, 0.4) is 0 Å². The van der Waals surface area contributed by atoms with Gasteiger partial charge in [0.2, 0.25) is 0 Å². The van der Waals surface area contributed by atoms with Crippen LogP contribution in [0.2, 0.25) is 0 Å². The summed E-state index contributed by atoms with van der Waals surface area (Å²) in [5.41, 5.74) is 2.63. The number of hydrogen-bond donors (Lipinski definition) is 1. The molecule has 1 aliphatic heterocycles. The smallest absolute Gasteiger partial charge is 0.125 e. The first-order valence-electron chi connectivity index (χ1n) is 7.94. The normalized spacial score (nSPS) is 20.4. The Hall–Kier alpha value is -0.870. The fourth-order valence-electron chi connectivity index (χ4n) is 2.92. The molecule has 1 N–H and O–H groups in total. The molecule has 0 bridgehead atoms. The molecule has 2 atom stereocenters. The molecule has 21 heavy (non-hydrogen) atoms. The van der Waals surface area contributed by atoms with Gasteiger partial charge in [0.25, 0.3) is 0 Å². The molecule has 1 aromatic carbocycles. The van der Waals surface area contributed by atoms with Gasteiger partial charge < -0.3 is 15.0 Å². The fraction of sp³-hybridized carbons (Fsp3) is 0.647. The van der Waals surface area contributed by atoms with Crippen LogP contribution in [-0.2, 0) is 0 Å². The Morgan fingerprint density at radius 1 is 1.48 bits per heavy atom. The van der Waals surface area contributed by atoms with Crippen LogP contribution in [0.5, 0.6) is 5.75 Å². The molecular weight excluding hydrogens is 280 g/mol. The van der Waals surface area contributed by atoms with Gasteiger partial charge in [0, 0.05) is 41.4 Å². The van der Waals surface area contributed by atoms with Crippen molar-refractivity contribution in [2.24, 2.45) is 0 Å². The zero-order chi connectivity index (χ0) is 15.2. The van der Waals surface area contributed by atoms with Crippen molar-refractivity contribution in [3.05, 3.63) is 23.8 Å². The van der Waals surface area contributed by atoms with Crippen LogP contribution in [0.25, 0.3) is 0 Å². The first-order chi connectivity index (χ1) is 10.2. The highest BCUT2D eigenvalue weighted by Gasteiger charge is 2.23. The van der Waals surface area contributed by atoms with Crippen molar-refractivity contribution in [3.8, 4) is 5.75 Å². The minimum atomic E-state index is 0.306. The molecule has 118 valence electrons. The molecule has 1 heterocycles. The van der Waals surface area contributed by atoms with Crippen LogP contribution in [0.1, 0.15) is 38.8 Å². The molecule has 2 unspecified atom stereocenters. The first-order valence-corrected chi connectivity index (χ1v) is 8.99. The average molecular weight is 308 g/mol. The largest absolute Gasteiger partial charge is 0.496 e. The summed E-state index contributed by atoms with van der Waals surface area (Å²) < 4.78 is 5.63. The second kappa shape index (κ2) is 7.95. The molecule has 4 heteroatoms. The monoisotopic (exact) mass is 308 g/mol. The molecule has 0 amide bonds. The summed E-state index contributed by atoms with van der Waals surface area (Å²) in [6.07, 6.45) is 1.15. The van der Waals surface area contributed by atoms with E-state index < -0.39 is 0 Å². The van der Waals surface area contributed by atoms with Crippen molar-refractivity contribution >= 4 is 17.4 Å². The number of thioether (sulfide) groups is 1. The van der Waals surface area contributed by atoms with Gasteiger partial charge in [-0.15, -0.1) is 0 Å². The number of methoxy groups -OCH3 is 1. The third-order valence-corrected chi connectivity index (χ3v) is 5.11. The van der Waals surface area contributed by atoms with Crippen molar-refractivity contribution in [1.29, 1.82) is 0 Å². The van der Waals surface area contributed by atoms with E-state index in [1.165, 1.54) is 17.0 Å². The Balaban J connectivity index is 2.30. The maximum absolute atomic E-state index is 5.63. The van der Waals surface area contributed by atoms with E-state index in [4.69, 9.17) is 4.74 Å². The number of hydrogen-bond acceptors (Lipinski definition) is 4. The third-order valence-electron chi connectivity index (χ3n) is 3.98. The zero-order valence-corrected chi connectivity index (χ0v) is 14.5. The third kappa shape index (κ3) is 4.07. The molecule has 1 fully saturated rings. The van der Waals surface area contributed by atoms with E-state index in [2.05, 4.69) is 60.9 Å². The van der Waals surface area contributed by atoms with Gasteiger partial charge >= 0.3 is 0 Å². The number of nitrogens with one attached hydrogen (secondary N) is 1. The Morgan fingerprint density at radius 3 is 2.95 bits per heavy atom. The molecule has 1 aromatic rings. The van der Waals surface area contributed by atoms with E-state index in [0.717, 1.165) is 31.8 Å². The van der Waals surface area contributed by atoms with Crippen LogP contribution in [0.4, 0.5) is 5.69 Å². The highest BCUT2D eigenvalue weighted by atomic mass is 32.2. The van der Waals surface area contributed by atoms with Crippen LogP contribution < -0.4 is 15.0 Å². The summed E-state index contributed by atoms with van der Waals surface area (Å²) in [4.78, 5) is 2.52. The van der Waals surface area contributed by atoms with Crippen LogP contribution in [0.15, 0.2) is 18.2 Å². The number of nitrogens with zero attached hydrogens (tertiary/aromatic N) is 1. The van der Waals surface area contributed by atoms with Crippen molar-refractivity contribution in [3.63, 3.8) is 0 Å². The van der Waals surface area contributed by atoms with Crippen molar-refractivity contribution in [1.82, 2.24) is 5.32 Å². The van der Waals surface area contributed by atoms with Crippen molar-refractivity contribution < 1.29 is 4.74 Å². The lowest BCUT2D eigenvalue weighted by molar-refractivity contribution is 0.401. The summed E-state index contributed by atoms with van der Waals surface area (Å²) in [6, 6.07) is 6.73. The number of ether oxygens (including phenoxy) is 1. The van der Waals surface area contributed by atoms with Crippen LogP contribution in [0, 0.1) is 0 Å². The summed E-state index contributed by atoms with van der Waals surface area (Å²) in [5, 5.41) is 4.29. The molecule has 0 radical (unpaired) electrons. The summed E-state index contributed by atoms with van der Waals surface area (Å²) in [6.45, 7) is 10.0. The second-order valence-electron chi connectivity index (χ2n) is 5.70. The highest BCUT2D eigenvalue weighted by Crippen LogP contribution is 2.36. The van der Waals surface area contributed by atoms with Gasteiger partial charge in [0.1, 0.15) is 5.75 Å². The Bertz CT molecular complexity index is 452. The van der Waals surface area contributed by atoms with E-state index in [-0.39, 0.29) is 0 Å². The molecule has 0 spiro atoms. The maximum atomic E-state index is 5.63. The molecule has 1 saturated heterocycles. The molecular formula is C17H28N2OS. The van der Waals surface area contributed by atoms with E-state index in [1.807, 2.05) is 0 Å². The zero-order valence-electron chi connectivity index (χ0n) is 13.7. The Morgan fingerprint density at radius 2 is 2.29 bits per heavy atom. The Labute approximate surface area is 133 Å². The minimum Gasteiger partial charge on any atom is -0.496 e. The molecule has 0 saturated carbocycles. The van der Waals surface area contributed by atoms with Gasteiger partial charge in [-0.05, 0) is 32.0 Å². The van der Waals surface area contributed by atoms with Gasteiger partial charge in [-0.1, -0.05) is 19.9 Å². The second-order valence-corrected chi connectivity index (χ2v) is 7.24. The molecule has 1 aliphatic rings. The standard InChI is InChI=1S/C17H28N2OS/c1-5-9-18-14(3)17-15(7-6-8-16(17)20-4)19-10-11-21-13(2)12-19/h6-8,13-14,18H,5,9-12H2,1-4H3. The molecule has 2 rings (SSSR count). The molecule has 3 nitrogen and oxygen atoms in total. The van der Waals surface area contributed by atoms with Gasteiger partial charge in [-0.3, -0.25) is 0 Å². The molecule has 0 aliphatic carbocycles. The van der Waals surface area contributed by atoms with E-state index in [0.29, 0.717) is 11.3 Å². The molecule has 0 aromatic heterocycles. The lowest BCUT2D eigenvalue weighted by Gasteiger charge is -2.35. The quantitative estimate of drug-likeness (QED) is 0.866. The number of anilines is 1. The van der Waals surface area contributed by atoms with Gasteiger partial charge in [-0.25, -0.2) is 0 Å². The fourth-order valence-corrected chi connectivity index (χ4v) is 3.94. The van der Waals surface area contributed by atoms with Gasteiger partial charge in [0.15, 0.2) is 0 Å². The summed E-state index contributed by atoms with van der Waals surface area (Å²) >= 11 is 2.07. The lowest BCUT2D eigenvalue weighted by Crippen LogP contribution is -2.37. The van der Waals surface area contributed by atoms with Crippen molar-refractivity contribution in [2.75, 3.05) is 37.4 Å². The SMILES string of the molecule is CCCNC(C)c1c(OC)cccc1N1CCSC(C)C1. The maximum Gasteiger partial charge on any atom is 0.125 e. The van der Waals surface area contributed by atoms with Crippen LogP contribution in [-0.4, -0.2) is 37.7 Å². The number of rotatable bonds is 6. The van der Waals surface area contributed by atoms with Gasteiger partial charge in [-0.2, -0.15) is 11.8 Å². The minimum absolute atomic E-state index is 0.306. The Kier molecular flexibility index (Phi) is 6.24. The highest BCUT2D eigenvalue weighted by molar-refractivity contribution is 8.00. The average Bonchev–Trinajstić information content (AvgIpc) is 2.51. The summed E-state index contributed by atoms with van der Waals surface area (Å²) in [7, 11) is 1.77. The first kappa shape index (κ1) is 16.5. The van der Waals surface area contributed by atoms with E-state index in [9.17, 15) is 0 Å². The van der Waals surface area contributed by atoms with Gasteiger partial charge in [0.05, 0.1) is 7.11 Å². The topological polar surface area (TPSA) is 24.5 Å². The van der Waals surface area contributed by atoms with E-state index in [1.54, 1.807) is 7.11 Å². The van der Waals surface area contributed by atoms with Crippen molar-refractivity contribution in [2.45, 2.75) is 38.5 Å². The predicted octanol–water partition coefficient (Wildman–Crippen LogP) is 3.70. The van der Waals surface area contributed by atoms with E-state index >= 15 is 0 Å².